The van der Waals surface area contributed by atoms with Crippen molar-refractivity contribution >= 4 is 11.6 Å². The van der Waals surface area contributed by atoms with Crippen molar-refractivity contribution in [2.24, 2.45) is 0 Å². The Bertz CT molecular complexity index is 1010. The molecule has 0 saturated carbocycles. The third-order valence-electron chi connectivity index (χ3n) is 4.89. The average Bonchev–Trinajstić information content (AvgIpc) is 2.68. The summed E-state index contributed by atoms with van der Waals surface area (Å²) >= 11 is 0. The number of anilines is 2. The smallest absolute Gasteiger partial charge is 0.230 e. The molecule has 4 aromatic rings. The summed E-state index contributed by atoms with van der Waals surface area (Å²) in [7, 11) is 0. The first-order chi connectivity index (χ1) is 14.5. The number of hydrogen-bond acceptors (Lipinski definition) is 4. The fourth-order valence-electron chi connectivity index (χ4n) is 3.54. The Morgan fingerprint density at radius 3 is 1.60 bits per heavy atom. The Hall–Kier alpha value is -3.53. The molecule has 4 nitrogen and oxygen atoms in total. The van der Waals surface area contributed by atoms with E-state index in [0.717, 1.165) is 17.3 Å². The molecular formula is C26H26N4. The molecule has 1 aromatic heterocycles. The predicted octanol–water partition coefficient (Wildman–Crippen LogP) is 5.72. The van der Waals surface area contributed by atoms with Gasteiger partial charge >= 0.3 is 0 Å². The highest BCUT2D eigenvalue weighted by molar-refractivity contribution is 5.54. The lowest BCUT2D eigenvalue weighted by atomic mass is 10.1. The molecule has 0 fully saturated rings. The highest BCUT2D eigenvalue weighted by atomic mass is 15.2. The largest absolute Gasteiger partial charge is 0.324 e. The lowest BCUT2D eigenvalue weighted by Crippen LogP contribution is -2.09. The Kier molecular flexibility index (Phi) is 5.84. The molecule has 3 aromatic carbocycles. The van der Waals surface area contributed by atoms with Crippen molar-refractivity contribution in [3.63, 3.8) is 0 Å². The van der Waals surface area contributed by atoms with Crippen LogP contribution in [-0.4, -0.2) is 15.0 Å². The Morgan fingerprint density at radius 1 is 0.600 bits per heavy atom. The maximum Gasteiger partial charge on any atom is 0.230 e. The van der Waals surface area contributed by atoms with Gasteiger partial charge in [0.05, 0.1) is 0 Å². The van der Waals surface area contributed by atoms with Gasteiger partial charge in [-0.1, -0.05) is 71.8 Å². The fraction of sp³-hybridized carbons (Fsp3) is 0.192. The molecule has 0 saturated heterocycles. The van der Waals surface area contributed by atoms with E-state index >= 15 is 0 Å². The molecule has 0 unspecified atom stereocenters. The van der Waals surface area contributed by atoms with Gasteiger partial charge in [-0.15, -0.1) is 0 Å². The average molecular weight is 395 g/mol. The SMILES string of the molecule is Cc1cccc(Cc2nc(Cc3cccc(C)c3)nc(Nc3cccc(C)c3)n2)c1. The van der Waals surface area contributed by atoms with Crippen molar-refractivity contribution in [2.75, 3.05) is 5.32 Å². The zero-order chi connectivity index (χ0) is 20.9. The van der Waals surface area contributed by atoms with Crippen LogP contribution in [0.4, 0.5) is 11.6 Å². The number of hydrogen-bond donors (Lipinski definition) is 1. The molecule has 0 bridgehead atoms. The second kappa shape index (κ2) is 8.87. The molecule has 0 atom stereocenters. The van der Waals surface area contributed by atoms with Crippen LogP contribution in [0.5, 0.6) is 0 Å². The summed E-state index contributed by atoms with van der Waals surface area (Å²) in [6, 6.07) is 25.2. The van der Waals surface area contributed by atoms with Gasteiger partial charge < -0.3 is 5.32 Å². The summed E-state index contributed by atoms with van der Waals surface area (Å²) in [6.07, 6.45) is 1.35. The van der Waals surface area contributed by atoms with Crippen LogP contribution < -0.4 is 5.32 Å². The number of aryl methyl sites for hydroxylation is 3. The number of nitrogens with one attached hydrogen (secondary N) is 1. The molecule has 1 N–H and O–H groups in total. The normalized spacial score (nSPS) is 10.8. The molecule has 0 amide bonds. The van der Waals surface area contributed by atoms with Crippen molar-refractivity contribution in [3.8, 4) is 0 Å². The monoisotopic (exact) mass is 394 g/mol. The van der Waals surface area contributed by atoms with E-state index in [1.807, 2.05) is 12.1 Å². The van der Waals surface area contributed by atoms with Crippen LogP contribution in [0, 0.1) is 20.8 Å². The van der Waals surface area contributed by atoms with Gasteiger partial charge in [0.2, 0.25) is 5.95 Å². The molecule has 0 radical (unpaired) electrons. The summed E-state index contributed by atoms with van der Waals surface area (Å²) in [5.41, 5.74) is 7.03. The Morgan fingerprint density at radius 2 is 1.10 bits per heavy atom. The standard InChI is InChI=1S/C26H26N4/c1-18-7-4-10-21(13-18)16-24-28-25(17-22-11-5-8-19(2)14-22)30-26(29-24)27-23-12-6-9-20(3)15-23/h4-15H,16-17H2,1-3H3,(H,27,28,29,30). The van der Waals surface area contributed by atoms with Gasteiger partial charge in [0, 0.05) is 18.5 Å². The topological polar surface area (TPSA) is 50.7 Å². The van der Waals surface area contributed by atoms with Crippen molar-refractivity contribution < 1.29 is 0 Å². The fourth-order valence-corrected chi connectivity index (χ4v) is 3.54. The van der Waals surface area contributed by atoms with E-state index in [-0.39, 0.29) is 0 Å². The molecule has 0 aliphatic heterocycles. The van der Waals surface area contributed by atoms with Crippen LogP contribution in [0.1, 0.15) is 39.5 Å². The predicted molar refractivity (Wildman–Crippen MR) is 122 cm³/mol. The Labute approximate surface area is 178 Å². The lowest BCUT2D eigenvalue weighted by Gasteiger charge is -2.10. The lowest BCUT2D eigenvalue weighted by molar-refractivity contribution is 0.855. The third kappa shape index (κ3) is 5.29. The number of aromatic nitrogens is 3. The van der Waals surface area contributed by atoms with Gasteiger partial charge in [0.15, 0.2) is 0 Å². The zero-order valence-electron chi connectivity index (χ0n) is 17.7. The number of benzene rings is 3. The molecule has 4 rings (SSSR count). The highest BCUT2D eigenvalue weighted by Crippen LogP contribution is 2.17. The molecule has 0 aliphatic carbocycles. The zero-order valence-corrected chi connectivity index (χ0v) is 17.7. The van der Waals surface area contributed by atoms with Gasteiger partial charge in [-0.25, -0.2) is 4.98 Å². The van der Waals surface area contributed by atoms with Crippen molar-refractivity contribution in [1.29, 1.82) is 0 Å². The van der Waals surface area contributed by atoms with E-state index in [0.29, 0.717) is 18.8 Å². The van der Waals surface area contributed by atoms with Gasteiger partial charge in [0.1, 0.15) is 11.6 Å². The first-order valence-corrected chi connectivity index (χ1v) is 10.2. The third-order valence-corrected chi connectivity index (χ3v) is 4.89. The summed E-state index contributed by atoms with van der Waals surface area (Å²) in [5.74, 6) is 2.13. The maximum atomic E-state index is 4.78. The summed E-state index contributed by atoms with van der Waals surface area (Å²) in [6.45, 7) is 6.28. The second-order valence-electron chi connectivity index (χ2n) is 7.82. The number of nitrogens with zero attached hydrogens (tertiary/aromatic N) is 3. The van der Waals surface area contributed by atoms with Crippen LogP contribution in [0.25, 0.3) is 0 Å². The maximum absolute atomic E-state index is 4.78. The Balaban J connectivity index is 1.67. The first kappa shape index (κ1) is 19.8. The van der Waals surface area contributed by atoms with Gasteiger partial charge in [-0.3, -0.25) is 0 Å². The molecule has 0 aliphatic rings. The second-order valence-corrected chi connectivity index (χ2v) is 7.82. The van der Waals surface area contributed by atoms with Gasteiger partial charge in [-0.05, 0) is 49.6 Å². The van der Waals surface area contributed by atoms with E-state index in [4.69, 9.17) is 15.0 Å². The number of rotatable bonds is 6. The van der Waals surface area contributed by atoms with E-state index < -0.39 is 0 Å². The van der Waals surface area contributed by atoms with Crippen molar-refractivity contribution in [2.45, 2.75) is 33.6 Å². The van der Waals surface area contributed by atoms with Crippen LogP contribution >= 0.6 is 0 Å². The minimum Gasteiger partial charge on any atom is -0.324 e. The molecule has 0 spiro atoms. The van der Waals surface area contributed by atoms with E-state index in [9.17, 15) is 0 Å². The van der Waals surface area contributed by atoms with E-state index in [1.165, 1.54) is 27.8 Å². The quantitative estimate of drug-likeness (QED) is 0.454. The molecule has 1 heterocycles. The minimum absolute atomic E-state index is 0.584. The minimum atomic E-state index is 0.584. The van der Waals surface area contributed by atoms with Crippen LogP contribution in [0.3, 0.4) is 0 Å². The van der Waals surface area contributed by atoms with Crippen molar-refractivity contribution in [3.05, 3.63) is 112 Å². The molecule has 30 heavy (non-hydrogen) atoms. The van der Waals surface area contributed by atoms with Crippen molar-refractivity contribution in [1.82, 2.24) is 15.0 Å². The van der Waals surface area contributed by atoms with Crippen LogP contribution in [0.15, 0.2) is 72.8 Å². The summed E-state index contributed by atoms with van der Waals surface area (Å²) in [5, 5.41) is 3.36. The van der Waals surface area contributed by atoms with Gasteiger partial charge in [0.25, 0.3) is 0 Å². The first-order valence-electron chi connectivity index (χ1n) is 10.2. The summed E-state index contributed by atoms with van der Waals surface area (Å²) < 4.78 is 0. The molecule has 150 valence electrons. The van der Waals surface area contributed by atoms with E-state index in [2.05, 4.69) is 86.8 Å². The van der Waals surface area contributed by atoms with Gasteiger partial charge in [-0.2, -0.15) is 9.97 Å². The van der Waals surface area contributed by atoms with Crippen LogP contribution in [-0.2, 0) is 12.8 Å². The van der Waals surface area contributed by atoms with Crippen LogP contribution in [0.2, 0.25) is 0 Å². The molecule has 4 heteroatoms. The highest BCUT2D eigenvalue weighted by Gasteiger charge is 2.10. The molecular weight excluding hydrogens is 368 g/mol. The summed E-state index contributed by atoms with van der Waals surface area (Å²) in [4.78, 5) is 14.2. The van der Waals surface area contributed by atoms with E-state index in [1.54, 1.807) is 0 Å².